The van der Waals surface area contributed by atoms with Crippen LogP contribution in [0.3, 0.4) is 0 Å². The zero-order chi connectivity index (χ0) is 20.2. The van der Waals surface area contributed by atoms with Crippen LogP contribution in [0.15, 0.2) is 53.7 Å². The molecule has 1 saturated heterocycles. The second kappa shape index (κ2) is 8.84. The van der Waals surface area contributed by atoms with Gasteiger partial charge in [-0.25, -0.2) is 0 Å². The van der Waals surface area contributed by atoms with Gasteiger partial charge in [0.1, 0.15) is 5.75 Å². The van der Waals surface area contributed by atoms with Crippen LogP contribution in [0.1, 0.15) is 17.5 Å². The largest absolute Gasteiger partial charge is 0.497 e. The summed E-state index contributed by atoms with van der Waals surface area (Å²) in [5.74, 6) is 0.806. The van der Waals surface area contributed by atoms with Crippen LogP contribution >= 0.6 is 11.6 Å². The fourth-order valence-corrected chi connectivity index (χ4v) is 3.77. The summed E-state index contributed by atoms with van der Waals surface area (Å²) < 4.78 is 5.18. The van der Waals surface area contributed by atoms with E-state index in [0.29, 0.717) is 19.5 Å². The first-order valence-corrected chi connectivity index (χ1v) is 10.1. The molecule has 0 bridgehead atoms. The van der Waals surface area contributed by atoms with E-state index in [1.165, 1.54) is 5.56 Å². The van der Waals surface area contributed by atoms with E-state index < -0.39 is 6.10 Å². The molecule has 0 aliphatic carbocycles. The van der Waals surface area contributed by atoms with E-state index >= 15 is 0 Å². The molecule has 1 atom stereocenters. The number of hydrogen-bond acceptors (Lipinski definition) is 5. The Morgan fingerprint density at radius 2 is 1.79 bits per heavy atom. The lowest BCUT2D eigenvalue weighted by molar-refractivity contribution is -0.143. The zero-order valence-electron chi connectivity index (χ0n) is 16.4. The van der Waals surface area contributed by atoms with Gasteiger partial charge < -0.3 is 14.5 Å². The lowest BCUT2D eigenvalue weighted by atomic mass is 10.0. The third kappa shape index (κ3) is 4.71. The predicted molar refractivity (Wildman–Crippen MR) is 112 cm³/mol. The lowest BCUT2D eigenvalue weighted by Gasteiger charge is -2.35. The number of methoxy groups -OCH3 is 1. The van der Waals surface area contributed by atoms with Crippen LogP contribution in [0.2, 0.25) is 5.02 Å². The standard InChI is InChI=1S/C22H24ClN3O3/c1-28-19-8-4-17(5-9-19)20-14-21(29-24-20)22(27)26-12-10-25(11-13-26)15-16-2-6-18(23)7-3-16/h2-9,21H,10-15H2,1H3. The molecule has 2 aromatic rings. The van der Waals surface area contributed by atoms with E-state index in [4.69, 9.17) is 21.2 Å². The number of hydrogen-bond donors (Lipinski definition) is 0. The molecule has 1 fully saturated rings. The number of ether oxygens (including phenoxy) is 1. The van der Waals surface area contributed by atoms with Crippen molar-refractivity contribution in [2.45, 2.75) is 19.1 Å². The van der Waals surface area contributed by atoms with Gasteiger partial charge in [-0.1, -0.05) is 28.9 Å². The van der Waals surface area contributed by atoms with Crippen LogP contribution in [-0.2, 0) is 16.2 Å². The Kier molecular flexibility index (Phi) is 6.02. The molecular formula is C22H24ClN3O3. The summed E-state index contributed by atoms with van der Waals surface area (Å²) in [6, 6.07) is 15.5. The molecule has 6 nitrogen and oxygen atoms in total. The van der Waals surface area contributed by atoms with E-state index in [0.717, 1.165) is 41.7 Å². The minimum atomic E-state index is -0.532. The number of rotatable bonds is 5. The summed E-state index contributed by atoms with van der Waals surface area (Å²) in [7, 11) is 1.63. The van der Waals surface area contributed by atoms with Crippen molar-refractivity contribution in [1.82, 2.24) is 9.80 Å². The van der Waals surface area contributed by atoms with Crippen molar-refractivity contribution < 1.29 is 14.4 Å². The fourth-order valence-electron chi connectivity index (χ4n) is 3.64. The van der Waals surface area contributed by atoms with Gasteiger partial charge >= 0.3 is 0 Å². The minimum Gasteiger partial charge on any atom is -0.497 e. The van der Waals surface area contributed by atoms with E-state index in [1.54, 1.807) is 7.11 Å². The molecule has 1 amide bonds. The van der Waals surface area contributed by atoms with Crippen molar-refractivity contribution in [3.63, 3.8) is 0 Å². The van der Waals surface area contributed by atoms with Gasteiger partial charge in [0.25, 0.3) is 5.91 Å². The monoisotopic (exact) mass is 413 g/mol. The first-order valence-electron chi connectivity index (χ1n) is 9.75. The van der Waals surface area contributed by atoms with Crippen molar-refractivity contribution in [1.29, 1.82) is 0 Å². The van der Waals surface area contributed by atoms with Gasteiger partial charge in [0.2, 0.25) is 6.10 Å². The zero-order valence-corrected chi connectivity index (χ0v) is 17.1. The molecule has 4 rings (SSSR count). The molecule has 152 valence electrons. The van der Waals surface area contributed by atoms with Gasteiger partial charge in [0, 0.05) is 44.2 Å². The summed E-state index contributed by atoms with van der Waals surface area (Å²) in [6.45, 7) is 3.94. The molecule has 29 heavy (non-hydrogen) atoms. The number of piperazine rings is 1. The third-order valence-electron chi connectivity index (χ3n) is 5.37. The molecule has 2 aliphatic rings. The summed E-state index contributed by atoms with van der Waals surface area (Å²) >= 11 is 5.95. The van der Waals surface area contributed by atoms with Gasteiger partial charge in [-0.15, -0.1) is 0 Å². The van der Waals surface area contributed by atoms with Gasteiger partial charge in [-0.2, -0.15) is 0 Å². The second-order valence-corrected chi connectivity index (χ2v) is 7.73. The average molecular weight is 414 g/mol. The van der Waals surface area contributed by atoms with E-state index in [2.05, 4.69) is 10.1 Å². The molecule has 7 heteroatoms. The smallest absolute Gasteiger partial charge is 0.266 e. The summed E-state index contributed by atoms with van der Waals surface area (Å²) in [4.78, 5) is 22.6. The van der Waals surface area contributed by atoms with Crippen LogP contribution in [0.4, 0.5) is 0 Å². The number of carbonyl (C=O) groups excluding carboxylic acids is 1. The van der Waals surface area contributed by atoms with Gasteiger partial charge in [-0.05, 0) is 47.5 Å². The molecule has 2 aromatic carbocycles. The molecule has 0 aromatic heterocycles. The maximum Gasteiger partial charge on any atom is 0.266 e. The number of halogens is 1. The van der Waals surface area contributed by atoms with Crippen LogP contribution in [0.25, 0.3) is 0 Å². The Balaban J connectivity index is 1.27. The van der Waals surface area contributed by atoms with Crippen LogP contribution < -0.4 is 4.74 Å². The van der Waals surface area contributed by atoms with E-state index in [1.807, 2.05) is 53.4 Å². The Bertz CT molecular complexity index is 875. The highest BCUT2D eigenvalue weighted by Gasteiger charge is 2.33. The first kappa shape index (κ1) is 19.7. The number of oxime groups is 1. The Hall–Kier alpha value is -2.57. The Morgan fingerprint density at radius 1 is 1.10 bits per heavy atom. The Labute approximate surface area is 175 Å². The number of carbonyl (C=O) groups is 1. The van der Waals surface area contributed by atoms with Crippen molar-refractivity contribution in [2.24, 2.45) is 5.16 Å². The lowest BCUT2D eigenvalue weighted by Crippen LogP contribution is -2.51. The maximum atomic E-state index is 12.9. The minimum absolute atomic E-state index is 0.0170. The van der Waals surface area contributed by atoms with Crippen molar-refractivity contribution in [2.75, 3.05) is 33.3 Å². The molecule has 2 heterocycles. The van der Waals surface area contributed by atoms with Crippen LogP contribution in [-0.4, -0.2) is 60.8 Å². The van der Waals surface area contributed by atoms with Gasteiger partial charge in [-0.3, -0.25) is 9.69 Å². The molecular weight excluding hydrogens is 390 g/mol. The predicted octanol–water partition coefficient (Wildman–Crippen LogP) is 3.19. The number of benzene rings is 2. The first-order chi connectivity index (χ1) is 14.1. The normalized spacial score (nSPS) is 19.6. The summed E-state index contributed by atoms with van der Waals surface area (Å²) in [5, 5.41) is 4.89. The maximum absolute atomic E-state index is 12.9. The number of nitrogens with zero attached hydrogens (tertiary/aromatic N) is 3. The summed E-state index contributed by atoms with van der Waals surface area (Å²) in [6.07, 6.45) is -0.0363. The van der Waals surface area contributed by atoms with E-state index in [9.17, 15) is 4.79 Å². The molecule has 0 N–H and O–H groups in total. The SMILES string of the molecule is COc1ccc(C2=NOC(C(=O)N3CCN(Cc4ccc(Cl)cc4)CC3)C2)cc1. The highest BCUT2D eigenvalue weighted by molar-refractivity contribution is 6.30. The van der Waals surface area contributed by atoms with Crippen molar-refractivity contribution in [3.8, 4) is 5.75 Å². The second-order valence-electron chi connectivity index (χ2n) is 7.29. The van der Waals surface area contributed by atoms with E-state index in [-0.39, 0.29) is 5.91 Å². The van der Waals surface area contributed by atoms with Gasteiger partial charge in [0.05, 0.1) is 12.8 Å². The Morgan fingerprint density at radius 3 is 2.45 bits per heavy atom. The van der Waals surface area contributed by atoms with Crippen LogP contribution in [0.5, 0.6) is 5.75 Å². The molecule has 0 spiro atoms. The molecule has 1 unspecified atom stereocenters. The average Bonchev–Trinajstić information content (AvgIpc) is 3.26. The van der Waals surface area contributed by atoms with Crippen molar-refractivity contribution >= 4 is 23.2 Å². The topological polar surface area (TPSA) is 54.4 Å². The van der Waals surface area contributed by atoms with Crippen LogP contribution in [0, 0.1) is 0 Å². The molecule has 0 saturated carbocycles. The fraction of sp³-hybridized carbons (Fsp3) is 0.364. The molecule has 0 radical (unpaired) electrons. The summed E-state index contributed by atoms with van der Waals surface area (Å²) in [5.41, 5.74) is 2.98. The van der Waals surface area contributed by atoms with Gasteiger partial charge in [0.15, 0.2) is 0 Å². The quantitative estimate of drug-likeness (QED) is 0.755. The van der Waals surface area contributed by atoms with Crippen molar-refractivity contribution in [3.05, 3.63) is 64.7 Å². The highest BCUT2D eigenvalue weighted by Crippen LogP contribution is 2.21. The number of amides is 1. The highest BCUT2D eigenvalue weighted by atomic mass is 35.5. The third-order valence-corrected chi connectivity index (χ3v) is 5.62. The molecule has 2 aliphatic heterocycles.